The van der Waals surface area contributed by atoms with Crippen LogP contribution in [-0.2, 0) is 6.54 Å². The highest BCUT2D eigenvalue weighted by molar-refractivity contribution is 5.30. The van der Waals surface area contributed by atoms with E-state index in [-0.39, 0.29) is 0 Å². The van der Waals surface area contributed by atoms with Gasteiger partial charge in [-0.2, -0.15) is 0 Å². The van der Waals surface area contributed by atoms with Crippen molar-refractivity contribution in [1.82, 2.24) is 10.2 Å². The average molecular weight is 272 g/mol. The maximum absolute atomic E-state index is 3.77. The van der Waals surface area contributed by atoms with Gasteiger partial charge in [-0.3, -0.25) is 4.90 Å². The average Bonchev–Trinajstić information content (AvgIpc) is 3.24. The smallest absolute Gasteiger partial charge is 0.0239 e. The Kier molecular flexibility index (Phi) is 4.13. The van der Waals surface area contributed by atoms with Gasteiger partial charge in [-0.25, -0.2) is 0 Å². The normalized spacial score (nSPS) is 28.4. The number of hydrogen-bond acceptors (Lipinski definition) is 2. The summed E-state index contributed by atoms with van der Waals surface area (Å²) in [6.45, 7) is 10.4. The fourth-order valence-electron chi connectivity index (χ4n) is 3.38. The van der Waals surface area contributed by atoms with Crippen LogP contribution >= 0.6 is 0 Å². The van der Waals surface area contributed by atoms with Crippen LogP contribution in [0, 0.1) is 19.8 Å². The highest BCUT2D eigenvalue weighted by Gasteiger charge is 2.34. The van der Waals surface area contributed by atoms with E-state index in [1.54, 1.807) is 0 Å². The maximum atomic E-state index is 3.77. The minimum Gasteiger partial charge on any atom is -0.312 e. The first-order valence-electron chi connectivity index (χ1n) is 8.17. The van der Waals surface area contributed by atoms with Gasteiger partial charge in [-0.1, -0.05) is 23.8 Å². The Morgan fingerprint density at radius 2 is 2.00 bits per heavy atom. The first-order valence-corrected chi connectivity index (χ1v) is 8.17. The van der Waals surface area contributed by atoms with Gasteiger partial charge in [-0.15, -0.1) is 0 Å². The van der Waals surface area contributed by atoms with Crippen LogP contribution in [0.1, 0.15) is 42.9 Å². The molecule has 0 spiro atoms. The monoisotopic (exact) mass is 272 g/mol. The highest BCUT2D eigenvalue weighted by Crippen LogP contribution is 2.34. The van der Waals surface area contributed by atoms with Gasteiger partial charge in [0.25, 0.3) is 0 Å². The van der Waals surface area contributed by atoms with E-state index in [0.717, 1.165) is 18.5 Å². The molecule has 2 fully saturated rings. The first-order chi connectivity index (χ1) is 9.63. The molecule has 1 aromatic carbocycles. The molecule has 3 rings (SSSR count). The first kappa shape index (κ1) is 14.1. The fourth-order valence-corrected chi connectivity index (χ4v) is 3.38. The lowest BCUT2D eigenvalue weighted by Gasteiger charge is -2.30. The molecule has 2 aliphatic rings. The molecule has 1 aliphatic heterocycles. The fraction of sp³-hybridized carbons (Fsp3) is 0.667. The van der Waals surface area contributed by atoms with Crippen LogP contribution in [0.4, 0.5) is 0 Å². The van der Waals surface area contributed by atoms with E-state index in [2.05, 4.69) is 49.2 Å². The Morgan fingerprint density at radius 1 is 1.20 bits per heavy atom. The number of nitrogens with zero attached hydrogens (tertiary/aromatic N) is 1. The second kappa shape index (κ2) is 5.87. The second-order valence-corrected chi connectivity index (χ2v) is 6.90. The zero-order chi connectivity index (χ0) is 14.1. The summed E-state index contributed by atoms with van der Waals surface area (Å²) in [5.41, 5.74) is 4.32. The van der Waals surface area contributed by atoms with Crippen LogP contribution in [0.25, 0.3) is 0 Å². The topological polar surface area (TPSA) is 15.3 Å². The van der Waals surface area contributed by atoms with E-state index in [1.807, 2.05) is 0 Å². The summed E-state index contributed by atoms with van der Waals surface area (Å²) >= 11 is 0. The summed E-state index contributed by atoms with van der Waals surface area (Å²) in [4.78, 5) is 2.70. The minimum atomic E-state index is 0.686. The molecule has 2 heteroatoms. The third kappa shape index (κ3) is 3.24. The third-order valence-corrected chi connectivity index (χ3v) is 5.09. The summed E-state index contributed by atoms with van der Waals surface area (Å²) in [5.74, 6) is 0.946. The molecule has 1 N–H and O–H groups in total. The Balaban J connectivity index is 1.74. The van der Waals surface area contributed by atoms with Crippen molar-refractivity contribution in [3.8, 4) is 0 Å². The molecule has 1 saturated carbocycles. The molecular weight excluding hydrogens is 244 g/mol. The molecule has 1 aliphatic carbocycles. The molecule has 110 valence electrons. The van der Waals surface area contributed by atoms with E-state index in [4.69, 9.17) is 0 Å². The van der Waals surface area contributed by atoms with Crippen LogP contribution in [-0.4, -0.2) is 30.1 Å². The van der Waals surface area contributed by atoms with Crippen molar-refractivity contribution in [2.45, 2.75) is 58.7 Å². The molecule has 1 heterocycles. The van der Waals surface area contributed by atoms with Gasteiger partial charge in [0, 0.05) is 25.2 Å². The van der Waals surface area contributed by atoms with Crippen molar-refractivity contribution >= 4 is 0 Å². The third-order valence-electron chi connectivity index (χ3n) is 5.09. The zero-order valence-electron chi connectivity index (χ0n) is 13.2. The summed E-state index contributed by atoms with van der Waals surface area (Å²) in [7, 11) is 0. The van der Waals surface area contributed by atoms with Crippen LogP contribution in [0.15, 0.2) is 18.2 Å². The quantitative estimate of drug-likeness (QED) is 0.908. The summed E-state index contributed by atoms with van der Waals surface area (Å²) in [5, 5.41) is 3.77. The largest absolute Gasteiger partial charge is 0.312 e. The van der Waals surface area contributed by atoms with Gasteiger partial charge in [-0.05, 0) is 63.6 Å². The van der Waals surface area contributed by atoms with E-state index in [0.29, 0.717) is 6.04 Å². The van der Waals surface area contributed by atoms with Crippen molar-refractivity contribution in [3.05, 3.63) is 34.9 Å². The molecule has 0 amide bonds. The summed E-state index contributed by atoms with van der Waals surface area (Å²) in [6, 6.07) is 8.27. The predicted molar refractivity (Wildman–Crippen MR) is 84.9 cm³/mol. The Bertz CT molecular complexity index is 464. The molecule has 0 bridgehead atoms. The maximum Gasteiger partial charge on any atom is 0.0239 e. The standard InChI is InChI=1S/C18H28N2/c1-13-4-5-14(2)17(10-13)11-20-12-18(16-6-7-16)19-9-8-15(20)3/h4-5,10,15-16,18-19H,6-9,11-12H2,1-3H3. The lowest BCUT2D eigenvalue weighted by Crippen LogP contribution is -2.41. The summed E-state index contributed by atoms with van der Waals surface area (Å²) < 4.78 is 0. The predicted octanol–water partition coefficient (Wildman–Crippen LogP) is 3.27. The SMILES string of the molecule is Cc1ccc(C)c(CN2CC(C3CC3)NCCC2C)c1. The van der Waals surface area contributed by atoms with Gasteiger partial charge in [0.2, 0.25) is 0 Å². The number of aryl methyl sites for hydroxylation is 2. The Labute approximate surface area is 123 Å². The lowest BCUT2D eigenvalue weighted by atomic mass is 10.0. The zero-order valence-corrected chi connectivity index (χ0v) is 13.2. The van der Waals surface area contributed by atoms with Crippen molar-refractivity contribution in [2.24, 2.45) is 5.92 Å². The van der Waals surface area contributed by atoms with Gasteiger partial charge < -0.3 is 5.32 Å². The van der Waals surface area contributed by atoms with Crippen molar-refractivity contribution < 1.29 is 0 Å². The molecule has 20 heavy (non-hydrogen) atoms. The highest BCUT2D eigenvalue weighted by atomic mass is 15.2. The Hall–Kier alpha value is -0.860. The van der Waals surface area contributed by atoms with Gasteiger partial charge in [0.15, 0.2) is 0 Å². The van der Waals surface area contributed by atoms with Gasteiger partial charge in [0.1, 0.15) is 0 Å². The lowest BCUT2D eigenvalue weighted by molar-refractivity contribution is 0.190. The van der Waals surface area contributed by atoms with Gasteiger partial charge in [0.05, 0.1) is 0 Å². The molecule has 1 saturated heterocycles. The summed E-state index contributed by atoms with van der Waals surface area (Å²) in [6.07, 6.45) is 4.14. The van der Waals surface area contributed by atoms with Crippen LogP contribution in [0.5, 0.6) is 0 Å². The van der Waals surface area contributed by atoms with Crippen LogP contribution in [0.3, 0.4) is 0 Å². The number of rotatable bonds is 3. The van der Waals surface area contributed by atoms with E-state index in [9.17, 15) is 0 Å². The van der Waals surface area contributed by atoms with Crippen molar-refractivity contribution in [3.63, 3.8) is 0 Å². The number of nitrogens with one attached hydrogen (secondary N) is 1. The van der Waals surface area contributed by atoms with Gasteiger partial charge >= 0.3 is 0 Å². The molecule has 0 aromatic heterocycles. The van der Waals surface area contributed by atoms with Crippen LogP contribution < -0.4 is 5.32 Å². The number of hydrogen-bond donors (Lipinski definition) is 1. The Morgan fingerprint density at radius 3 is 2.75 bits per heavy atom. The molecule has 2 atom stereocenters. The molecular formula is C18H28N2. The second-order valence-electron chi connectivity index (χ2n) is 6.90. The van der Waals surface area contributed by atoms with E-state index in [1.165, 1.54) is 49.0 Å². The molecule has 1 aromatic rings. The van der Waals surface area contributed by atoms with E-state index >= 15 is 0 Å². The minimum absolute atomic E-state index is 0.686. The number of benzene rings is 1. The molecule has 2 nitrogen and oxygen atoms in total. The molecule has 2 unspecified atom stereocenters. The molecule has 0 radical (unpaired) electrons. The van der Waals surface area contributed by atoms with Crippen molar-refractivity contribution in [2.75, 3.05) is 13.1 Å². The van der Waals surface area contributed by atoms with E-state index < -0.39 is 0 Å². The van der Waals surface area contributed by atoms with Crippen LogP contribution in [0.2, 0.25) is 0 Å². The van der Waals surface area contributed by atoms with Crippen molar-refractivity contribution in [1.29, 1.82) is 0 Å².